The molecule has 1 N–H and O–H groups in total. The highest BCUT2D eigenvalue weighted by molar-refractivity contribution is 5.27. The number of hydrogen-bond donors (Lipinski definition) is 1. The van der Waals surface area contributed by atoms with Gasteiger partial charge in [0.2, 0.25) is 0 Å². The molecule has 1 saturated heterocycles. The average Bonchev–Trinajstić information content (AvgIpc) is 2.78. The summed E-state index contributed by atoms with van der Waals surface area (Å²) in [6, 6.07) is 0. The minimum atomic E-state index is -4.31. The lowest BCUT2D eigenvalue weighted by molar-refractivity contribution is -0.144. The summed E-state index contributed by atoms with van der Waals surface area (Å²) in [6.45, 7) is 1.90. The van der Waals surface area contributed by atoms with E-state index in [0.29, 0.717) is 5.56 Å². The maximum atomic E-state index is 13.0. The van der Waals surface area contributed by atoms with E-state index in [2.05, 4.69) is 10.4 Å². The molecule has 0 radical (unpaired) electrons. The van der Waals surface area contributed by atoms with Crippen molar-refractivity contribution in [1.82, 2.24) is 15.1 Å². The minimum Gasteiger partial charge on any atom is -0.316 e. The van der Waals surface area contributed by atoms with E-state index in [1.165, 1.54) is 13.2 Å². The van der Waals surface area contributed by atoms with Crippen LogP contribution in [-0.4, -0.2) is 22.9 Å². The average molecular weight is 259 g/mol. The maximum Gasteiger partial charge on any atom is 0.433 e. The highest BCUT2D eigenvalue weighted by Gasteiger charge is 2.47. The molecule has 1 aromatic rings. The third-order valence-corrected chi connectivity index (χ3v) is 4.38. The van der Waals surface area contributed by atoms with Gasteiger partial charge in [0.05, 0.1) is 6.20 Å². The van der Waals surface area contributed by atoms with Crippen molar-refractivity contribution in [2.75, 3.05) is 13.1 Å². The fraction of sp³-hybridized carbons (Fsp3) is 0.750. The lowest BCUT2D eigenvalue weighted by Crippen LogP contribution is -2.51. The van der Waals surface area contributed by atoms with Gasteiger partial charge in [0.1, 0.15) is 5.69 Å². The summed E-state index contributed by atoms with van der Waals surface area (Å²) < 4.78 is 40.0. The first-order valence-corrected chi connectivity index (χ1v) is 6.21. The van der Waals surface area contributed by atoms with Crippen molar-refractivity contribution in [2.45, 2.75) is 31.4 Å². The standard InChI is InChI=1S/C12H16F3N3/c1-18-10(12(13,14)15)9(5-17-18)8-2-3-11(4-8)6-16-7-11/h5,8,16H,2-4,6-7H2,1H3. The highest BCUT2D eigenvalue weighted by Crippen LogP contribution is 2.50. The Bertz CT molecular complexity index is 460. The van der Waals surface area contributed by atoms with E-state index < -0.39 is 11.9 Å². The molecule has 1 aliphatic carbocycles. The van der Waals surface area contributed by atoms with Crippen molar-refractivity contribution in [3.63, 3.8) is 0 Å². The first-order chi connectivity index (χ1) is 8.41. The Kier molecular flexibility index (Phi) is 2.49. The van der Waals surface area contributed by atoms with Gasteiger partial charge in [-0.15, -0.1) is 0 Å². The number of aromatic nitrogens is 2. The molecule has 0 aromatic carbocycles. The summed E-state index contributed by atoms with van der Waals surface area (Å²) in [5.74, 6) is 0.0115. The van der Waals surface area contributed by atoms with Gasteiger partial charge in [0, 0.05) is 25.7 Å². The van der Waals surface area contributed by atoms with E-state index >= 15 is 0 Å². The zero-order valence-corrected chi connectivity index (χ0v) is 10.2. The lowest BCUT2D eigenvalue weighted by Gasteiger charge is -2.39. The van der Waals surface area contributed by atoms with Gasteiger partial charge in [-0.25, -0.2) is 0 Å². The molecule has 1 spiro atoms. The number of alkyl halides is 3. The van der Waals surface area contributed by atoms with Gasteiger partial charge in [-0.05, 0) is 30.6 Å². The van der Waals surface area contributed by atoms with Crippen molar-refractivity contribution >= 4 is 0 Å². The Morgan fingerprint density at radius 2 is 2.17 bits per heavy atom. The maximum absolute atomic E-state index is 13.0. The van der Waals surface area contributed by atoms with Crippen LogP contribution in [0.4, 0.5) is 13.2 Å². The first-order valence-electron chi connectivity index (χ1n) is 6.21. The Balaban J connectivity index is 1.89. The van der Waals surface area contributed by atoms with E-state index in [9.17, 15) is 13.2 Å². The summed E-state index contributed by atoms with van der Waals surface area (Å²) in [4.78, 5) is 0. The molecule has 1 unspecified atom stereocenters. The van der Waals surface area contributed by atoms with Crippen LogP contribution in [0.2, 0.25) is 0 Å². The smallest absolute Gasteiger partial charge is 0.316 e. The largest absolute Gasteiger partial charge is 0.433 e. The van der Waals surface area contributed by atoms with Gasteiger partial charge in [0.25, 0.3) is 0 Å². The van der Waals surface area contributed by atoms with Crippen LogP contribution in [0.1, 0.15) is 36.4 Å². The van der Waals surface area contributed by atoms with Crippen molar-refractivity contribution in [2.24, 2.45) is 12.5 Å². The molecule has 100 valence electrons. The van der Waals surface area contributed by atoms with Gasteiger partial charge in [-0.3, -0.25) is 4.68 Å². The molecule has 6 heteroatoms. The highest BCUT2D eigenvalue weighted by atomic mass is 19.4. The predicted molar refractivity (Wildman–Crippen MR) is 60.1 cm³/mol. The molecular formula is C12H16F3N3. The molecule has 1 atom stereocenters. The normalized spacial score (nSPS) is 26.6. The second-order valence-corrected chi connectivity index (χ2v) is 5.61. The molecule has 18 heavy (non-hydrogen) atoms. The molecule has 2 heterocycles. The molecule has 1 aliphatic heterocycles. The summed E-state index contributed by atoms with van der Waals surface area (Å²) in [5.41, 5.74) is 0.0641. The van der Waals surface area contributed by atoms with Crippen LogP contribution in [-0.2, 0) is 13.2 Å². The van der Waals surface area contributed by atoms with Crippen molar-refractivity contribution in [3.05, 3.63) is 17.5 Å². The number of hydrogen-bond acceptors (Lipinski definition) is 2. The summed E-state index contributed by atoms with van der Waals surface area (Å²) in [6.07, 6.45) is -0.186. The number of halogens is 3. The number of nitrogens with one attached hydrogen (secondary N) is 1. The Morgan fingerprint density at radius 3 is 2.67 bits per heavy atom. The topological polar surface area (TPSA) is 29.9 Å². The van der Waals surface area contributed by atoms with E-state index in [-0.39, 0.29) is 11.3 Å². The molecule has 1 aromatic heterocycles. The lowest BCUT2D eigenvalue weighted by atomic mass is 9.79. The first kappa shape index (κ1) is 12.0. The third kappa shape index (κ3) is 1.74. The van der Waals surface area contributed by atoms with Crippen LogP contribution in [0, 0.1) is 5.41 Å². The Morgan fingerprint density at radius 1 is 1.44 bits per heavy atom. The third-order valence-electron chi connectivity index (χ3n) is 4.38. The van der Waals surface area contributed by atoms with E-state index in [1.807, 2.05) is 0 Å². The minimum absolute atomic E-state index is 0.0115. The van der Waals surface area contributed by atoms with Crippen LogP contribution in [0.5, 0.6) is 0 Å². The van der Waals surface area contributed by atoms with Crippen molar-refractivity contribution in [3.8, 4) is 0 Å². The molecule has 0 amide bonds. The predicted octanol–water partition coefficient (Wildman–Crippen LogP) is 2.30. The molecule has 2 aliphatic rings. The molecular weight excluding hydrogens is 243 g/mol. The van der Waals surface area contributed by atoms with Crippen LogP contribution >= 0.6 is 0 Å². The second-order valence-electron chi connectivity index (χ2n) is 5.61. The van der Waals surface area contributed by atoms with E-state index in [0.717, 1.165) is 37.0 Å². The summed E-state index contributed by atoms with van der Waals surface area (Å²) >= 11 is 0. The molecule has 2 fully saturated rings. The van der Waals surface area contributed by atoms with Gasteiger partial charge >= 0.3 is 6.18 Å². The monoisotopic (exact) mass is 259 g/mol. The fourth-order valence-electron chi connectivity index (χ4n) is 3.37. The molecule has 1 saturated carbocycles. The number of nitrogens with zero attached hydrogens (tertiary/aromatic N) is 2. The number of rotatable bonds is 1. The van der Waals surface area contributed by atoms with Crippen molar-refractivity contribution in [1.29, 1.82) is 0 Å². The van der Waals surface area contributed by atoms with Gasteiger partial charge in [-0.1, -0.05) is 0 Å². The summed E-state index contributed by atoms with van der Waals surface area (Å²) in [5, 5.41) is 7.02. The Hall–Kier alpha value is -1.04. The van der Waals surface area contributed by atoms with Crippen LogP contribution < -0.4 is 5.32 Å². The van der Waals surface area contributed by atoms with E-state index in [1.54, 1.807) is 0 Å². The van der Waals surface area contributed by atoms with Gasteiger partial charge in [-0.2, -0.15) is 18.3 Å². The van der Waals surface area contributed by atoms with Crippen molar-refractivity contribution < 1.29 is 13.2 Å². The van der Waals surface area contributed by atoms with Gasteiger partial charge in [0.15, 0.2) is 0 Å². The molecule has 0 bridgehead atoms. The quantitative estimate of drug-likeness (QED) is 0.838. The van der Waals surface area contributed by atoms with Crippen LogP contribution in [0.15, 0.2) is 6.20 Å². The number of aryl methyl sites for hydroxylation is 1. The summed E-state index contributed by atoms with van der Waals surface area (Å²) in [7, 11) is 1.36. The SMILES string of the molecule is Cn1ncc(C2CCC3(CNC3)C2)c1C(F)(F)F. The zero-order chi connectivity index (χ0) is 13.0. The second kappa shape index (κ2) is 3.73. The molecule has 3 rings (SSSR count). The van der Waals surface area contributed by atoms with Gasteiger partial charge < -0.3 is 5.32 Å². The van der Waals surface area contributed by atoms with Crippen LogP contribution in [0.25, 0.3) is 0 Å². The van der Waals surface area contributed by atoms with E-state index in [4.69, 9.17) is 0 Å². The zero-order valence-electron chi connectivity index (χ0n) is 10.2. The van der Waals surface area contributed by atoms with Crippen LogP contribution in [0.3, 0.4) is 0 Å². The molecule has 3 nitrogen and oxygen atoms in total. The Labute approximate surface area is 103 Å². The fourth-order valence-corrected chi connectivity index (χ4v) is 3.37.